The van der Waals surface area contributed by atoms with E-state index in [2.05, 4.69) is 9.88 Å². The van der Waals surface area contributed by atoms with Gasteiger partial charge in [-0.3, -0.25) is 9.88 Å². The Hall–Kier alpha value is -1.66. The highest BCUT2D eigenvalue weighted by atomic mass is 16.5. The van der Waals surface area contributed by atoms with Crippen molar-refractivity contribution in [1.29, 1.82) is 0 Å². The number of pyridine rings is 1. The second kappa shape index (κ2) is 6.62. The quantitative estimate of drug-likeness (QED) is 0.837. The summed E-state index contributed by atoms with van der Waals surface area (Å²) in [6.07, 6.45) is 4.87. The van der Waals surface area contributed by atoms with Crippen molar-refractivity contribution in [2.45, 2.75) is 25.2 Å². The number of carbonyl (C=O) groups is 1. The van der Waals surface area contributed by atoms with Gasteiger partial charge >= 0.3 is 6.03 Å². The van der Waals surface area contributed by atoms with E-state index in [-0.39, 0.29) is 12.1 Å². The van der Waals surface area contributed by atoms with E-state index in [0.717, 1.165) is 38.2 Å². The number of amides is 2. The molecule has 120 valence electrons. The number of carbonyl (C=O) groups excluding carboxylic acids is 1. The van der Waals surface area contributed by atoms with Crippen molar-refractivity contribution in [2.75, 3.05) is 40.3 Å². The third kappa shape index (κ3) is 3.39. The van der Waals surface area contributed by atoms with Crippen molar-refractivity contribution in [3.8, 4) is 0 Å². The van der Waals surface area contributed by atoms with Gasteiger partial charge in [-0.25, -0.2) is 4.79 Å². The van der Waals surface area contributed by atoms with Crippen LogP contribution in [0, 0.1) is 0 Å². The van der Waals surface area contributed by atoms with Crippen molar-refractivity contribution in [3.05, 3.63) is 30.1 Å². The van der Waals surface area contributed by atoms with E-state index in [1.165, 1.54) is 0 Å². The molecule has 3 heterocycles. The molecule has 2 atom stereocenters. The molecule has 1 aromatic heterocycles. The number of urea groups is 1. The zero-order valence-corrected chi connectivity index (χ0v) is 13.3. The van der Waals surface area contributed by atoms with Crippen molar-refractivity contribution < 1.29 is 9.53 Å². The van der Waals surface area contributed by atoms with Gasteiger partial charge in [-0.15, -0.1) is 0 Å². The molecule has 2 aliphatic rings. The number of nitrogens with zero attached hydrogens (tertiary/aromatic N) is 4. The van der Waals surface area contributed by atoms with Crippen LogP contribution in [-0.4, -0.2) is 78.1 Å². The van der Waals surface area contributed by atoms with Crippen LogP contribution in [0.15, 0.2) is 24.5 Å². The summed E-state index contributed by atoms with van der Waals surface area (Å²) in [5, 5.41) is 0. The first-order chi connectivity index (χ1) is 10.6. The van der Waals surface area contributed by atoms with Crippen molar-refractivity contribution in [3.63, 3.8) is 0 Å². The van der Waals surface area contributed by atoms with Crippen LogP contribution in [0.2, 0.25) is 0 Å². The number of hydrogen-bond donors (Lipinski definition) is 0. The maximum Gasteiger partial charge on any atom is 0.319 e. The van der Waals surface area contributed by atoms with E-state index in [4.69, 9.17) is 4.74 Å². The van der Waals surface area contributed by atoms with Crippen LogP contribution in [0.4, 0.5) is 4.79 Å². The van der Waals surface area contributed by atoms with Crippen LogP contribution in [0.5, 0.6) is 0 Å². The van der Waals surface area contributed by atoms with Gasteiger partial charge < -0.3 is 14.5 Å². The third-order valence-corrected chi connectivity index (χ3v) is 4.44. The molecule has 0 saturated carbocycles. The van der Waals surface area contributed by atoms with Crippen molar-refractivity contribution >= 4 is 6.03 Å². The molecule has 0 unspecified atom stereocenters. The second-order valence-corrected chi connectivity index (χ2v) is 6.30. The predicted molar refractivity (Wildman–Crippen MR) is 83.4 cm³/mol. The van der Waals surface area contributed by atoms with Gasteiger partial charge in [0.25, 0.3) is 0 Å². The molecule has 1 aromatic rings. The second-order valence-electron chi connectivity index (χ2n) is 6.30. The molecule has 0 aromatic carbocycles. The molecule has 2 saturated heterocycles. The molecule has 0 N–H and O–H groups in total. The monoisotopic (exact) mass is 304 g/mol. The van der Waals surface area contributed by atoms with Crippen LogP contribution < -0.4 is 0 Å². The molecule has 0 spiro atoms. The third-order valence-electron chi connectivity index (χ3n) is 4.44. The Morgan fingerprint density at radius 2 is 2.27 bits per heavy atom. The van der Waals surface area contributed by atoms with Gasteiger partial charge in [-0.2, -0.15) is 0 Å². The van der Waals surface area contributed by atoms with Crippen LogP contribution in [-0.2, 0) is 11.3 Å². The van der Waals surface area contributed by atoms with Gasteiger partial charge in [0.05, 0.1) is 12.7 Å². The topological polar surface area (TPSA) is 48.9 Å². The normalized spacial score (nSPS) is 25.1. The first kappa shape index (κ1) is 15.2. The minimum absolute atomic E-state index is 0.111. The summed E-state index contributed by atoms with van der Waals surface area (Å²) in [5.74, 6) is 0. The molecule has 2 amide bonds. The number of piperazine rings is 1. The minimum atomic E-state index is 0.111. The molecule has 3 rings (SSSR count). The summed E-state index contributed by atoms with van der Waals surface area (Å²) in [6.45, 7) is 4.14. The highest BCUT2D eigenvalue weighted by molar-refractivity contribution is 5.74. The highest BCUT2D eigenvalue weighted by Crippen LogP contribution is 2.25. The Kier molecular flexibility index (Phi) is 4.59. The molecular weight excluding hydrogens is 280 g/mol. The first-order valence-electron chi connectivity index (χ1n) is 7.84. The number of rotatable bonds is 3. The lowest BCUT2D eigenvalue weighted by molar-refractivity contribution is 0.0461. The molecule has 2 aliphatic heterocycles. The van der Waals surface area contributed by atoms with E-state index in [9.17, 15) is 4.79 Å². The van der Waals surface area contributed by atoms with E-state index in [0.29, 0.717) is 12.6 Å². The zero-order valence-electron chi connectivity index (χ0n) is 13.3. The van der Waals surface area contributed by atoms with Gasteiger partial charge in [-0.05, 0) is 18.1 Å². The molecule has 0 radical (unpaired) electrons. The smallest absolute Gasteiger partial charge is 0.319 e. The Labute approximate surface area is 131 Å². The van der Waals surface area contributed by atoms with E-state index < -0.39 is 0 Å². The average molecular weight is 304 g/mol. The Balaban J connectivity index is 1.50. The summed E-state index contributed by atoms with van der Waals surface area (Å²) < 4.78 is 6.03. The van der Waals surface area contributed by atoms with Crippen molar-refractivity contribution in [1.82, 2.24) is 19.7 Å². The lowest BCUT2D eigenvalue weighted by Crippen LogP contribution is -2.54. The summed E-state index contributed by atoms with van der Waals surface area (Å²) >= 11 is 0. The lowest BCUT2D eigenvalue weighted by atomic mass is 10.1. The fourth-order valence-electron chi connectivity index (χ4n) is 3.27. The molecule has 0 bridgehead atoms. The number of aromatic nitrogens is 1. The fraction of sp³-hybridized carbons (Fsp3) is 0.625. The average Bonchev–Trinajstić information content (AvgIpc) is 2.95. The molecular formula is C16H24N4O2. The zero-order chi connectivity index (χ0) is 15.5. The summed E-state index contributed by atoms with van der Waals surface area (Å²) in [5.41, 5.74) is 1.11. The Bertz CT molecular complexity index is 508. The summed E-state index contributed by atoms with van der Waals surface area (Å²) in [7, 11) is 3.62. The fourth-order valence-corrected chi connectivity index (χ4v) is 3.27. The molecule has 0 aliphatic carbocycles. The Morgan fingerprint density at radius 1 is 1.41 bits per heavy atom. The van der Waals surface area contributed by atoms with Crippen molar-refractivity contribution in [2.24, 2.45) is 0 Å². The minimum Gasteiger partial charge on any atom is -0.372 e. The standard InChI is InChI=1S/C16H24N4O2/c1-18(2)16(21)20-7-6-19-11-15(8-14(19)10-20)22-12-13-4-3-5-17-9-13/h3-5,9,14-15H,6-8,10-12H2,1-2H3/t14-,15-/m1/s1. The summed E-state index contributed by atoms with van der Waals surface area (Å²) in [4.78, 5) is 22.2. The van der Waals surface area contributed by atoms with Gasteiger partial charge in [0, 0.05) is 58.7 Å². The maximum absolute atomic E-state index is 12.1. The highest BCUT2D eigenvalue weighted by Gasteiger charge is 2.38. The van der Waals surface area contributed by atoms with Gasteiger partial charge in [-0.1, -0.05) is 6.07 Å². The largest absolute Gasteiger partial charge is 0.372 e. The van der Waals surface area contributed by atoms with E-state index in [1.54, 1.807) is 11.1 Å². The molecule has 2 fully saturated rings. The van der Waals surface area contributed by atoms with E-state index >= 15 is 0 Å². The first-order valence-corrected chi connectivity index (χ1v) is 7.84. The number of fused-ring (bicyclic) bond motifs is 1. The summed E-state index contributed by atoms with van der Waals surface area (Å²) in [6, 6.07) is 4.50. The maximum atomic E-state index is 12.1. The van der Waals surface area contributed by atoms with Gasteiger partial charge in [0.15, 0.2) is 0 Å². The predicted octanol–water partition coefficient (Wildman–Crippen LogP) is 1.04. The number of hydrogen-bond acceptors (Lipinski definition) is 4. The SMILES string of the molecule is CN(C)C(=O)N1CCN2C[C@H](OCc3cccnc3)C[C@@H]2C1. The molecule has 6 heteroatoms. The lowest BCUT2D eigenvalue weighted by Gasteiger charge is -2.38. The van der Waals surface area contributed by atoms with Crippen LogP contribution in [0.3, 0.4) is 0 Å². The van der Waals surface area contributed by atoms with Crippen LogP contribution in [0.1, 0.15) is 12.0 Å². The van der Waals surface area contributed by atoms with Crippen LogP contribution >= 0.6 is 0 Å². The van der Waals surface area contributed by atoms with Gasteiger partial charge in [0.2, 0.25) is 0 Å². The number of ether oxygens (including phenoxy) is 1. The van der Waals surface area contributed by atoms with E-state index in [1.807, 2.05) is 37.3 Å². The molecule has 22 heavy (non-hydrogen) atoms. The van der Waals surface area contributed by atoms with Gasteiger partial charge in [0.1, 0.15) is 0 Å². The Morgan fingerprint density at radius 3 is 3.00 bits per heavy atom. The molecule has 6 nitrogen and oxygen atoms in total. The van der Waals surface area contributed by atoms with Crippen LogP contribution in [0.25, 0.3) is 0 Å².